The molecule has 4 nitrogen and oxygen atoms in total. The molecule has 6 heteroatoms. The van der Waals surface area contributed by atoms with Gasteiger partial charge in [-0.3, -0.25) is 4.79 Å². The molecule has 1 unspecified atom stereocenters. The highest BCUT2D eigenvalue weighted by molar-refractivity contribution is 7.09. The van der Waals surface area contributed by atoms with Gasteiger partial charge in [-0.05, 0) is 24.6 Å². The van der Waals surface area contributed by atoms with Crippen LogP contribution in [0.4, 0.5) is 4.39 Å². The molecule has 0 radical (unpaired) electrons. The second-order valence-electron chi connectivity index (χ2n) is 4.66. The first kappa shape index (κ1) is 14.6. The zero-order chi connectivity index (χ0) is 14.8. The molecule has 2 rings (SSSR count). The fourth-order valence-electron chi connectivity index (χ4n) is 2.09. The van der Waals surface area contributed by atoms with Gasteiger partial charge in [-0.25, -0.2) is 9.37 Å². The van der Waals surface area contributed by atoms with Crippen LogP contribution in [0.15, 0.2) is 29.6 Å². The summed E-state index contributed by atoms with van der Waals surface area (Å²) < 4.78 is 13.0. The van der Waals surface area contributed by atoms with Crippen LogP contribution in [-0.4, -0.2) is 22.6 Å². The molecule has 1 aromatic heterocycles. The number of halogens is 1. The van der Waals surface area contributed by atoms with Gasteiger partial charge in [-0.1, -0.05) is 12.1 Å². The molecule has 0 aliphatic heterocycles. The topological polar surface area (TPSA) is 76.2 Å². The minimum absolute atomic E-state index is 0.0768. The molecule has 0 spiro atoms. The maximum Gasteiger partial charge on any atom is 0.315 e. The van der Waals surface area contributed by atoms with Crippen molar-refractivity contribution in [3.05, 3.63) is 51.7 Å². The molecule has 20 heavy (non-hydrogen) atoms. The Morgan fingerprint density at radius 1 is 1.45 bits per heavy atom. The van der Waals surface area contributed by atoms with Gasteiger partial charge >= 0.3 is 5.97 Å². The van der Waals surface area contributed by atoms with Gasteiger partial charge in [-0.2, -0.15) is 0 Å². The van der Waals surface area contributed by atoms with E-state index in [0.717, 1.165) is 5.69 Å². The molecule has 1 atom stereocenters. The maximum absolute atomic E-state index is 13.0. The number of thiazole rings is 1. The van der Waals surface area contributed by atoms with Crippen molar-refractivity contribution >= 4 is 17.3 Å². The monoisotopic (exact) mass is 294 g/mol. The molecular weight excluding hydrogens is 279 g/mol. The van der Waals surface area contributed by atoms with Gasteiger partial charge in [0.1, 0.15) is 11.2 Å². The molecule has 0 bridgehead atoms. The molecule has 0 amide bonds. The van der Waals surface area contributed by atoms with Crippen LogP contribution in [0, 0.1) is 12.7 Å². The van der Waals surface area contributed by atoms with Crippen molar-refractivity contribution in [2.45, 2.75) is 18.8 Å². The van der Waals surface area contributed by atoms with E-state index in [9.17, 15) is 14.3 Å². The van der Waals surface area contributed by atoms with E-state index in [1.54, 1.807) is 0 Å². The quantitative estimate of drug-likeness (QED) is 0.885. The summed E-state index contributed by atoms with van der Waals surface area (Å²) in [7, 11) is 0. The van der Waals surface area contributed by atoms with Crippen molar-refractivity contribution < 1.29 is 14.3 Å². The Kier molecular flexibility index (Phi) is 4.15. The fourth-order valence-corrected chi connectivity index (χ4v) is 2.98. The molecule has 3 N–H and O–H groups in total. The highest BCUT2D eigenvalue weighted by Gasteiger charge is 2.40. The number of aliphatic carboxylic acids is 1. The van der Waals surface area contributed by atoms with Crippen LogP contribution in [0.2, 0.25) is 0 Å². The second kappa shape index (κ2) is 5.68. The molecule has 0 saturated carbocycles. The third kappa shape index (κ3) is 2.71. The van der Waals surface area contributed by atoms with Crippen molar-refractivity contribution in [3.8, 4) is 0 Å². The summed E-state index contributed by atoms with van der Waals surface area (Å²) in [6.07, 6.45) is 0.197. The molecule has 0 aliphatic rings. The standard InChI is InChI=1S/C14H15FN2O2S/c1-9-7-20-12(17-9)6-14(8-16,13(18)19)10-2-4-11(15)5-3-10/h2-5,7H,6,8,16H2,1H3,(H,18,19). The van der Waals surface area contributed by atoms with Crippen molar-refractivity contribution in [2.75, 3.05) is 6.54 Å². The van der Waals surface area contributed by atoms with Crippen molar-refractivity contribution in [1.82, 2.24) is 4.98 Å². The van der Waals surface area contributed by atoms with Gasteiger partial charge in [-0.15, -0.1) is 11.3 Å². The first-order valence-corrected chi connectivity index (χ1v) is 6.96. The van der Waals surface area contributed by atoms with Crippen molar-refractivity contribution in [3.63, 3.8) is 0 Å². The number of aryl methyl sites for hydroxylation is 1. The summed E-state index contributed by atoms with van der Waals surface area (Å²) in [5.41, 5.74) is 5.79. The molecule has 106 valence electrons. The number of carbonyl (C=O) groups is 1. The number of aromatic nitrogens is 1. The normalized spacial score (nSPS) is 13.9. The molecule has 0 fully saturated rings. The highest BCUT2D eigenvalue weighted by atomic mass is 32.1. The summed E-state index contributed by atoms with van der Waals surface area (Å²) in [4.78, 5) is 16.0. The Morgan fingerprint density at radius 3 is 2.55 bits per heavy atom. The lowest BCUT2D eigenvalue weighted by Crippen LogP contribution is -2.45. The van der Waals surface area contributed by atoms with Crippen LogP contribution < -0.4 is 5.73 Å². The van der Waals surface area contributed by atoms with E-state index in [-0.39, 0.29) is 13.0 Å². The van der Waals surface area contributed by atoms with Crippen LogP contribution in [-0.2, 0) is 16.6 Å². The zero-order valence-corrected chi connectivity index (χ0v) is 11.8. The van der Waals surface area contributed by atoms with Crippen molar-refractivity contribution in [2.24, 2.45) is 5.73 Å². The number of carboxylic acids is 1. The zero-order valence-electron chi connectivity index (χ0n) is 11.0. The smallest absolute Gasteiger partial charge is 0.315 e. The predicted octanol–water partition coefficient (Wildman–Crippen LogP) is 2.11. The first-order valence-electron chi connectivity index (χ1n) is 6.08. The summed E-state index contributed by atoms with van der Waals surface area (Å²) >= 11 is 1.40. The van der Waals surface area contributed by atoms with Crippen molar-refractivity contribution in [1.29, 1.82) is 0 Å². The van der Waals surface area contributed by atoms with Gasteiger partial charge in [0, 0.05) is 24.0 Å². The number of nitrogens with zero attached hydrogens (tertiary/aromatic N) is 1. The van der Waals surface area contributed by atoms with Crippen LogP contribution in [0.5, 0.6) is 0 Å². The largest absolute Gasteiger partial charge is 0.481 e. The molecular formula is C14H15FN2O2S. The van der Waals surface area contributed by atoms with Crippen LogP contribution >= 0.6 is 11.3 Å². The minimum atomic E-state index is -1.28. The third-order valence-electron chi connectivity index (χ3n) is 3.27. The number of nitrogens with two attached hydrogens (primary N) is 1. The molecule has 0 saturated heterocycles. The minimum Gasteiger partial charge on any atom is -0.481 e. The molecule has 1 heterocycles. The SMILES string of the molecule is Cc1csc(CC(CN)(C(=O)O)c2ccc(F)cc2)n1. The number of hydrogen-bond donors (Lipinski definition) is 2. The number of carboxylic acid groups (broad SMARTS) is 1. The third-order valence-corrected chi connectivity index (χ3v) is 4.24. The van der Waals surface area contributed by atoms with E-state index >= 15 is 0 Å². The van der Waals surface area contributed by atoms with Gasteiger partial charge < -0.3 is 10.8 Å². The fraction of sp³-hybridized carbons (Fsp3) is 0.286. The molecule has 1 aromatic carbocycles. The lowest BCUT2D eigenvalue weighted by Gasteiger charge is -2.27. The average molecular weight is 294 g/mol. The Labute approximate surface area is 120 Å². The van der Waals surface area contributed by atoms with Gasteiger partial charge in [0.15, 0.2) is 0 Å². The summed E-state index contributed by atoms with van der Waals surface area (Å²) in [6.45, 7) is 1.77. The first-order chi connectivity index (χ1) is 9.48. The van der Waals surface area contributed by atoms with E-state index in [2.05, 4.69) is 4.98 Å². The van der Waals surface area contributed by atoms with E-state index < -0.39 is 17.2 Å². The van der Waals surface area contributed by atoms with Gasteiger partial charge in [0.05, 0.1) is 5.01 Å². The van der Waals surface area contributed by atoms with Crippen LogP contribution in [0.25, 0.3) is 0 Å². The number of benzene rings is 1. The number of hydrogen-bond acceptors (Lipinski definition) is 4. The Balaban J connectivity index is 2.44. The number of rotatable bonds is 5. The highest BCUT2D eigenvalue weighted by Crippen LogP contribution is 2.29. The van der Waals surface area contributed by atoms with Gasteiger partial charge in [0.25, 0.3) is 0 Å². The Hall–Kier alpha value is -1.79. The lowest BCUT2D eigenvalue weighted by molar-refractivity contribution is -0.143. The predicted molar refractivity (Wildman–Crippen MR) is 75.3 cm³/mol. The summed E-state index contributed by atoms with van der Waals surface area (Å²) in [5.74, 6) is -1.44. The average Bonchev–Trinajstić information content (AvgIpc) is 2.82. The Morgan fingerprint density at radius 2 is 2.10 bits per heavy atom. The Bertz CT molecular complexity index is 612. The van der Waals surface area contributed by atoms with E-state index in [0.29, 0.717) is 10.6 Å². The van der Waals surface area contributed by atoms with E-state index in [4.69, 9.17) is 5.73 Å². The van der Waals surface area contributed by atoms with E-state index in [1.165, 1.54) is 35.6 Å². The maximum atomic E-state index is 13.0. The van der Waals surface area contributed by atoms with Crippen LogP contribution in [0.3, 0.4) is 0 Å². The van der Waals surface area contributed by atoms with E-state index in [1.807, 2.05) is 12.3 Å². The second-order valence-corrected chi connectivity index (χ2v) is 5.60. The molecule has 0 aliphatic carbocycles. The summed E-state index contributed by atoms with van der Waals surface area (Å²) in [5, 5.41) is 12.2. The van der Waals surface area contributed by atoms with Crippen LogP contribution in [0.1, 0.15) is 16.3 Å². The summed E-state index contributed by atoms with van der Waals surface area (Å²) in [6, 6.07) is 5.43. The van der Waals surface area contributed by atoms with Gasteiger partial charge in [0.2, 0.25) is 0 Å². The lowest BCUT2D eigenvalue weighted by atomic mass is 9.78. The molecule has 2 aromatic rings.